The molecule has 0 radical (unpaired) electrons. The van der Waals surface area contributed by atoms with Crippen molar-refractivity contribution in [2.75, 3.05) is 5.94 Å². The van der Waals surface area contributed by atoms with Gasteiger partial charge in [-0.25, -0.2) is 0 Å². The second-order valence-corrected chi connectivity index (χ2v) is 3.17. The largest absolute Gasteiger partial charge is 0.367 e. The summed E-state index contributed by atoms with van der Waals surface area (Å²) in [5.74, 6) is 0.891. The van der Waals surface area contributed by atoms with Crippen LogP contribution in [-0.2, 0) is 4.74 Å². The van der Waals surface area contributed by atoms with E-state index in [0.717, 1.165) is 5.94 Å². The Morgan fingerprint density at radius 2 is 2.29 bits per heavy atom. The minimum atomic E-state index is 0.477. The van der Waals surface area contributed by atoms with Gasteiger partial charge in [0.15, 0.2) is 0 Å². The maximum Gasteiger partial charge on any atom is 0.0928 e. The summed E-state index contributed by atoms with van der Waals surface area (Å²) in [5.41, 5.74) is 0. The molecule has 0 aromatic heterocycles. The number of thioether (sulfide) groups is 1. The van der Waals surface area contributed by atoms with Gasteiger partial charge in [0.05, 0.1) is 12.0 Å². The van der Waals surface area contributed by atoms with Gasteiger partial charge in [-0.1, -0.05) is 6.92 Å². The fourth-order valence-corrected chi connectivity index (χ4v) is 1.38. The van der Waals surface area contributed by atoms with Crippen LogP contribution >= 0.6 is 11.8 Å². The normalized spacial score (nSPS) is 42.0. The molecule has 0 aromatic carbocycles. The molecule has 7 heavy (non-hydrogen) atoms. The third-order valence-electron chi connectivity index (χ3n) is 1.32. The van der Waals surface area contributed by atoms with E-state index in [-0.39, 0.29) is 0 Å². The molecule has 2 heteroatoms. The van der Waals surface area contributed by atoms with Gasteiger partial charge in [-0.15, -0.1) is 11.8 Å². The Morgan fingerprint density at radius 3 is 2.43 bits per heavy atom. The highest BCUT2D eigenvalue weighted by molar-refractivity contribution is 8.00. The highest BCUT2D eigenvalue weighted by Gasteiger charge is 2.18. The van der Waals surface area contributed by atoms with E-state index in [1.807, 2.05) is 11.8 Å². The second-order valence-electron chi connectivity index (χ2n) is 1.86. The van der Waals surface area contributed by atoms with Crippen LogP contribution in [0, 0.1) is 0 Å². The predicted molar refractivity (Wildman–Crippen MR) is 32.5 cm³/mol. The SMILES string of the molecule is C[C@@H]1OCS[C@H]1C. The first-order chi connectivity index (χ1) is 3.30. The molecule has 2 atom stereocenters. The van der Waals surface area contributed by atoms with Crippen LogP contribution in [0.1, 0.15) is 13.8 Å². The summed E-state index contributed by atoms with van der Waals surface area (Å²) in [6.45, 7) is 4.31. The van der Waals surface area contributed by atoms with E-state index in [9.17, 15) is 0 Å². The molecule has 1 heterocycles. The van der Waals surface area contributed by atoms with Crippen molar-refractivity contribution >= 4 is 11.8 Å². The summed E-state index contributed by atoms with van der Waals surface area (Å²) < 4.78 is 5.23. The third kappa shape index (κ3) is 1.10. The van der Waals surface area contributed by atoms with Crippen LogP contribution in [0.15, 0.2) is 0 Å². The summed E-state index contributed by atoms with van der Waals surface area (Å²) in [5, 5.41) is 0.708. The molecule has 0 unspecified atom stereocenters. The Labute approximate surface area is 48.4 Å². The highest BCUT2D eigenvalue weighted by atomic mass is 32.2. The van der Waals surface area contributed by atoms with Crippen LogP contribution in [0.4, 0.5) is 0 Å². The summed E-state index contributed by atoms with van der Waals surface area (Å²) in [4.78, 5) is 0. The Balaban J connectivity index is 2.33. The number of hydrogen-bond acceptors (Lipinski definition) is 2. The van der Waals surface area contributed by atoms with Gasteiger partial charge in [0, 0.05) is 5.25 Å². The Morgan fingerprint density at radius 1 is 1.57 bits per heavy atom. The molecule has 0 aliphatic carbocycles. The molecule has 0 amide bonds. The zero-order valence-corrected chi connectivity index (χ0v) is 5.49. The van der Waals surface area contributed by atoms with Crippen LogP contribution in [0.25, 0.3) is 0 Å². The maximum absolute atomic E-state index is 5.23. The predicted octanol–water partition coefficient (Wildman–Crippen LogP) is 1.48. The number of ether oxygens (including phenoxy) is 1. The molecular weight excluding hydrogens is 108 g/mol. The fraction of sp³-hybridized carbons (Fsp3) is 1.00. The molecule has 0 N–H and O–H groups in total. The van der Waals surface area contributed by atoms with Crippen LogP contribution in [0.2, 0.25) is 0 Å². The second kappa shape index (κ2) is 2.05. The fourth-order valence-electron chi connectivity index (χ4n) is 0.525. The monoisotopic (exact) mass is 118 g/mol. The molecular formula is C5H10OS. The zero-order valence-electron chi connectivity index (χ0n) is 4.68. The Kier molecular flexibility index (Phi) is 1.60. The van der Waals surface area contributed by atoms with Gasteiger partial charge in [-0.05, 0) is 6.92 Å². The molecule has 0 saturated carbocycles. The minimum Gasteiger partial charge on any atom is -0.367 e. The van der Waals surface area contributed by atoms with Crippen molar-refractivity contribution in [1.82, 2.24) is 0 Å². The molecule has 0 spiro atoms. The molecule has 1 nitrogen and oxygen atoms in total. The standard InChI is InChI=1S/C5H10OS/c1-4-5(2)7-3-6-4/h4-5H,3H2,1-2H3/t4-,5-/m0/s1. The van der Waals surface area contributed by atoms with Gasteiger partial charge in [-0.3, -0.25) is 0 Å². The Bertz CT molecular complexity index is 57.1. The van der Waals surface area contributed by atoms with Gasteiger partial charge in [-0.2, -0.15) is 0 Å². The van der Waals surface area contributed by atoms with Crippen LogP contribution in [0.5, 0.6) is 0 Å². The van der Waals surface area contributed by atoms with Crippen molar-refractivity contribution in [2.45, 2.75) is 25.2 Å². The summed E-state index contributed by atoms with van der Waals surface area (Å²) in [6, 6.07) is 0. The smallest absolute Gasteiger partial charge is 0.0928 e. The van der Waals surface area contributed by atoms with E-state index in [4.69, 9.17) is 4.74 Å². The lowest BCUT2D eigenvalue weighted by Crippen LogP contribution is -2.10. The lowest BCUT2D eigenvalue weighted by Gasteiger charge is -2.03. The Hall–Kier alpha value is 0.310. The van der Waals surface area contributed by atoms with Crippen molar-refractivity contribution < 1.29 is 4.74 Å². The quantitative estimate of drug-likeness (QED) is 0.476. The van der Waals surface area contributed by atoms with Gasteiger partial charge in [0.2, 0.25) is 0 Å². The van der Waals surface area contributed by atoms with E-state index in [1.54, 1.807) is 0 Å². The molecule has 42 valence electrons. The molecule has 1 rings (SSSR count). The first-order valence-corrected chi connectivity index (χ1v) is 3.59. The van der Waals surface area contributed by atoms with E-state index in [0.29, 0.717) is 11.4 Å². The molecule has 1 fully saturated rings. The molecule has 0 bridgehead atoms. The van der Waals surface area contributed by atoms with Crippen molar-refractivity contribution in [3.8, 4) is 0 Å². The summed E-state index contributed by atoms with van der Waals surface area (Å²) >= 11 is 1.88. The van der Waals surface area contributed by atoms with Crippen molar-refractivity contribution in [1.29, 1.82) is 0 Å². The van der Waals surface area contributed by atoms with Crippen LogP contribution < -0.4 is 0 Å². The third-order valence-corrected chi connectivity index (χ3v) is 2.50. The number of hydrogen-bond donors (Lipinski definition) is 0. The first-order valence-electron chi connectivity index (χ1n) is 2.54. The molecule has 0 aromatic rings. The average molecular weight is 118 g/mol. The van der Waals surface area contributed by atoms with Gasteiger partial charge in [0.1, 0.15) is 0 Å². The zero-order chi connectivity index (χ0) is 5.28. The van der Waals surface area contributed by atoms with E-state index in [1.165, 1.54) is 0 Å². The molecule has 1 saturated heterocycles. The van der Waals surface area contributed by atoms with E-state index < -0.39 is 0 Å². The molecule has 1 aliphatic heterocycles. The number of rotatable bonds is 0. The van der Waals surface area contributed by atoms with Crippen molar-refractivity contribution in [3.63, 3.8) is 0 Å². The maximum atomic E-state index is 5.23. The minimum absolute atomic E-state index is 0.477. The highest BCUT2D eigenvalue weighted by Crippen LogP contribution is 2.24. The lowest BCUT2D eigenvalue weighted by molar-refractivity contribution is 0.125. The van der Waals surface area contributed by atoms with Crippen molar-refractivity contribution in [3.05, 3.63) is 0 Å². The summed E-state index contributed by atoms with van der Waals surface area (Å²) in [6.07, 6.45) is 0.477. The van der Waals surface area contributed by atoms with Crippen molar-refractivity contribution in [2.24, 2.45) is 0 Å². The average Bonchev–Trinajstić information content (AvgIpc) is 1.91. The summed E-state index contributed by atoms with van der Waals surface area (Å²) in [7, 11) is 0. The topological polar surface area (TPSA) is 9.23 Å². The van der Waals surface area contributed by atoms with Gasteiger partial charge < -0.3 is 4.74 Å². The van der Waals surface area contributed by atoms with Crippen LogP contribution in [-0.4, -0.2) is 17.3 Å². The van der Waals surface area contributed by atoms with Crippen LogP contribution in [0.3, 0.4) is 0 Å². The first kappa shape index (κ1) is 5.45. The van der Waals surface area contributed by atoms with E-state index >= 15 is 0 Å². The lowest BCUT2D eigenvalue weighted by atomic mass is 10.3. The van der Waals surface area contributed by atoms with Gasteiger partial charge >= 0.3 is 0 Å². The van der Waals surface area contributed by atoms with Gasteiger partial charge in [0.25, 0.3) is 0 Å². The van der Waals surface area contributed by atoms with E-state index in [2.05, 4.69) is 13.8 Å². The molecule has 1 aliphatic rings.